The van der Waals surface area contributed by atoms with E-state index in [0.29, 0.717) is 12.0 Å². The van der Waals surface area contributed by atoms with E-state index in [4.69, 9.17) is 0 Å². The van der Waals surface area contributed by atoms with Gasteiger partial charge in [-0.15, -0.1) is 0 Å². The second-order valence-electron chi connectivity index (χ2n) is 6.72. The average Bonchev–Trinajstić information content (AvgIpc) is 2.75. The van der Waals surface area contributed by atoms with Crippen molar-refractivity contribution in [3.05, 3.63) is 35.4 Å². The first-order chi connectivity index (χ1) is 10.1. The van der Waals surface area contributed by atoms with Crippen molar-refractivity contribution in [1.29, 1.82) is 0 Å². The molecule has 0 amide bonds. The molecule has 0 aromatic heterocycles. The van der Waals surface area contributed by atoms with Gasteiger partial charge in [-0.2, -0.15) is 0 Å². The molecule has 1 saturated carbocycles. The van der Waals surface area contributed by atoms with Gasteiger partial charge in [-0.05, 0) is 31.2 Å². The minimum absolute atomic E-state index is 0.0852. The van der Waals surface area contributed by atoms with Crippen LogP contribution in [0.25, 0.3) is 0 Å². The normalized spacial score (nSPS) is 18.5. The van der Waals surface area contributed by atoms with Gasteiger partial charge in [0.2, 0.25) is 0 Å². The first-order valence-electron chi connectivity index (χ1n) is 8.48. The second kappa shape index (κ2) is 7.74. The van der Waals surface area contributed by atoms with Gasteiger partial charge in [-0.25, -0.2) is 0 Å². The molecule has 1 atom stereocenters. The van der Waals surface area contributed by atoms with E-state index in [9.17, 15) is 4.79 Å². The highest BCUT2D eigenvalue weighted by atomic mass is 16.1. The summed E-state index contributed by atoms with van der Waals surface area (Å²) in [6, 6.07) is 8.54. The zero-order chi connectivity index (χ0) is 15.2. The molecule has 1 aromatic carbocycles. The van der Waals surface area contributed by atoms with Gasteiger partial charge in [0.15, 0.2) is 5.78 Å². The molecule has 0 heterocycles. The highest BCUT2D eigenvalue weighted by Gasteiger charge is 2.20. The Balaban J connectivity index is 1.94. The third kappa shape index (κ3) is 4.67. The standard InChI is InChI=1S/C19H29NO/c1-14(2)16-10-12-17(13-11-16)19(21)15(3)20-18-8-6-4-5-7-9-18/h10-15,18,20H,4-9H2,1-3H3. The van der Waals surface area contributed by atoms with Crippen LogP contribution in [0.4, 0.5) is 0 Å². The van der Waals surface area contributed by atoms with Crippen molar-refractivity contribution < 1.29 is 4.79 Å². The Morgan fingerprint density at radius 3 is 2.10 bits per heavy atom. The number of carbonyl (C=O) groups excluding carboxylic acids is 1. The molecule has 116 valence electrons. The molecule has 2 nitrogen and oxygen atoms in total. The Labute approximate surface area is 129 Å². The maximum atomic E-state index is 12.5. The van der Waals surface area contributed by atoms with Gasteiger partial charge < -0.3 is 5.32 Å². The molecule has 2 rings (SSSR count). The van der Waals surface area contributed by atoms with E-state index in [1.807, 2.05) is 19.1 Å². The highest BCUT2D eigenvalue weighted by molar-refractivity contribution is 5.99. The minimum Gasteiger partial charge on any atom is -0.305 e. The topological polar surface area (TPSA) is 29.1 Å². The lowest BCUT2D eigenvalue weighted by Crippen LogP contribution is -2.41. The van der Waals surface area contributed by atoms with Gasteiger partial charge in [0.25, 0.3) is 0 Å². The van der Waals surface area contributed by atoms with Gasteiger partial charge in [-0.1, -0.05) is 63.8 Å². The number of nitrogens with one attached hydrogen (secondary N) is 1. The summed E-state index contributed by atoms with van der Waals surface area (Å²) < 4.78 is 0. The molecular weight excluding hydrogens is 258 g/mol. The number of carbonyl (C=O) groups is 1. The molecule has 1 unspecified atom stereocenters. The molecule has 1 N–H and O–H groups in total. The Bertz CT molecular complexity index is 441. The molecule has 0 bridgehead atoms. The summed E-state index contributed by atoms with van der Waals surface area (Å²) in [4.78, 5) is 12.5. The lowest BCUT2D eigenvalue weighted by atomic mass is 9.98. The largest absolute Gasteiger partial charge is 0.305 e. The SMILES string of the molecule is CC(NC1CCCCCC1)C(=O)c1ccc(C(C)C)cc1. The van der Waals surface area contributed by atoms with E-state index in [2.05, 4.69) is 31.3 Å². The predicted octanol–water partition coefficient (Wildman–Crippen LogP) is 4.69. The van der Waals surface area contributed by atoms with Crippen LogP contribution in [0.2, 0.25) is 0 Å². The summed E-state index contributed by atoms with van der Waals surface area (Å²) in [5.41, 5.74) is 2.11. The van der Waals surface area contributed by atoms with Crippen molar-refractivity contribution in [2.24, 2.45) is 0 Å². The number of hydrogen-bond acceptors (Lipinski definition) is 2. The molecule has 2 heteroatoms. The molecule has 1 aliphatic carbocycles. The number of rotatable bonds is 5. The van der Waals surface area contributed by atoms with Crippen molar-refractivity contribution >= 4 is 5.78 Å². The summed E-state index contributed by atoms with van der Waals surface area (Å²) in [6.07, 6.45) is 7.70. The van der Waals surface area contributed by atoms with Crippen LogP contribution in [0, 0.1) is 0 Å². The summed E-state index contributed by atoms with van der Waals surface area (Å²) in [5.74, 6) is 0.727. The zero-order valence-corrected chi connectivity index (χ0v) is 13.7. The quantitative estimate of drug-likeness (QED) is 0.628. The van der Waals surface area contributed by atoms with Crippen LogP contribution in [-0.2, 0) is 0 Å². The van der Waals surface area contributed by atoms with E-state index >= 15 is 0 Å². The van der Waals surface area contributed by atoms with Crippen LogP contribution in [0.1, 0.15) is 81.1 Å². The molecule has 0 saturated heterocycles. The Morgan fingerprint density at radius 1 is 1.00 bits per heavy atom. The lowest BCUT2D eigenvalue weighted by Gasteiger charge is -2.21. The predicted molar refractivity (Wildman–Crippen MR) is 88.9 cm³/mol. The fourth-order valence-corrected chi connectivity index (χ4v) is 3.16. The lowest BCUT2D eigenvalue weighted by molar-refractivity contribution is 0.0942. The first-order valence-corrected chi connectivity index (χ1v) is 8.48. The molecular formula is C19H29NO. The van der Waals surface area contributed by atoms with Crippen LogP contribution in [0.3, 0.4) is 0 Å². The maximum Gasteiger partial charge on any atom is 0.179 e. The van der Waals surface area contributed by atoms with Crippen molar-refractivity contribution in [3.8, 4) is 0 Å². The van der Waals surface area contributed by atoms with E-state index in [-0.39, 0.29) is 11.8 Å². The summed E-state index contributed by atoms with van der Waals surface area (Å²) in [7, 11) is 0. The Hall–Kier alpha value is -1.15. The maximum absolute atomic E-state index is 12.5. The smallest absolute Gasteiger partial charge is 0.179 e. The number of hydrogen-bond donors (Lipinski definition) is 1. The molecule has 0 aliphatic heterocycles. The highest BCUT2D eigenvalue weighted by Crippen LogP contribution is 2.19. The summed E-state index contributed by atoms with van der Waals surface area (Å²) >= 11 is 0. The zero-order valence-electron chi connectivity index (χ0n) is 13.7. The molecule has 0 radical (unpaired) electrons. The van der Waals surface area contributed by atoms with E-state index in [1.165, 1.54) is 44.1 Å². The third-order valence-electron chi connectivity index (χ3n) is 4.60. The van der Waals surface area contributed by atoms with E-state index in [0.717, 1.165) is 5.56 Å². The van der Waals surface area contributed by atoms with Crippen LogP contribution < -0.4 is 5.32 Å². The number of Topliss-reactive ketones (excluding diaryl/α,β-unsaturated/α-hetero) is 1. The van der Waals surface area contributed by atoms with Crippen LogP contribution in [-0.4, -0.2) is 17.9 Å². The summed E-state index contributed by atoms with van der Waals surface area (Å²) in [5, 5.41) is 3.54. The number of benzene rings is 1. The van der Waals surface area contributed by atoms with Crippen LogP contribution in [0.5, 0.6) is 0 Å². The minimum atomic E-state index is -0.0852. The van der Waals surface area contributed by atoms with E-state index < -0.39 is 0 Å². The van der Waals surface area contributed by atoms with Crippen molar-refractivity contribution in [2.45, 2.75) is 77.3 Å². The van der Waals surface area contributed by atoms with Gasteiger partial charge in [-0.3, -0.25) is 4.79 Å². The van der Waals surface area contributed by atoms with Crippen LogP contribution in [0.15, 0.2) is 24.3 Å². The van der Waals surface area contributed by atoms with Gasteiger partial charge >= 0.3 is 0 Å². The van der Waals surface area contributed by atoms with Crippen molar-refractivity contribution in [2.75, 3.05) is 0 Å². The second-order valence-corrected chi connectivity index (χ2v) is 6.72. The van der Waals surface area contributed by atoms with Gasteiger partial charge in [0, 0.05) is 11.6 Å². The molecule has 0 spiro atoms. The third-order valence-corrected chi connectivity index (χ3v) is 4.60. The van der Waals surface area contributed by atoms with Gasteiger partial charge in [0.1, 0.15) is 0 Å². The Morgan fingerprint density at radius 2 is 1.57 bits per heavy atom. The van der Waals surface area contributed by atoms with E-state index in [1.54, 1.807) is 0 Å². The Kier molecular flexibility index (Phi) is 5.98. The average molecular weight is 287 g/mol. The molecule has 21 heavy (non-hydrogen) atoms. The monoisotopic (exact) mass is 287 g/mol. The first kappa shape index (κ1) is 16.2. The molecule has 1 fully saturated rings. The number of ketones is 1. The molecule has 1 aliphatic rings. The fourth-order valence-electron chi connectivity index (χ4n) is 3.16. The fraction of sp³-hybridized carbons (Fsp3) is 0.632. The van der Waals surface area contributed by atoms with Crippen LogP contribution >= 0.6 is 0 Å². The summed E-state index contributed by atoms with van der Waals surface area (Å²) in [6.45, 7) is 6.35. The molecule has 1 aromatic rings. The van der Waals surface area contributed by atoms with Crippen molar-refractivity contribution in [1.82, 2.24) is 5.32 Å². The van der Waals surface area contributed by atoms with Crippen molar-refractivity contribution in [3.63, 3.8) is 0 Å². The van der Waals surface area contributed by atoms with Gasteiger partial charge in [0.05, 0.1) is 6.04 Å².